The van der Waals surface area contributed by atoms with E-state index in [9.17, 15) is 10.1 Å². The maximum absolute atomic E-state index is 10.6. The number of anilines is 1. The molecule has 0 aliphatic heterocycles. The Morgan fingerprint density at radius 3 is 2.87 bits per heavy atom. The minimum Gasteiger partial charge on any atom is -0.398 e. The first-order chi connectivity index (χ1) is 7.15. The van der Waals surface area contributed by atoms with E-state index in [0.717, 1.165) is 23.5 Å². The number of nitrogen functional groups attached to an aromatic ring is 1. The molecule has 0 spiro atoms. The Morgan fingerprint density at radius 1 is 1.53 bits per heavy atom. The predicted molar refractivity (Wildman–Crippen MR) is 64.0 cm³/mol. The van der Waals surface area contributed by atoms with Crippen LogP contribution in [0.5, 0.6) is 0 Å². The molecule has 1 rings (SSSR count). The van der Waals surface area contributed by atoms with E-state index in [2.05, 4.69) is 6.92 Å². The van der Waals surface area contributed by atoms with Crippen molar-refractivity contribution in [2.45, 2.75) is 19.1 Å². The van der Waals surface area contributed by atoms with E-state index >= 15 is 0 Å². The largest absolute Gasteiger partial charge is 0.398 e. The van der Waals surface area contributed by atoms with Gasteiger partial charge in [-0.1, -0.05) is 6.92 Å². The number of rotatable bonds is 5. The summed E-state index contributed by atoms with van der Waals surface area (Å²) in [5.41, 5.74) is 7.32. The second kappa shape index (κ2) is 5.60. The number of nitro benzene ring substituents is 1. The number of hydrogen-bond donors (Lipinski definition) is 1. The Hall–Kier alpha value is -1.23. The molecule has 0 heterocycles. The van der Waals surface area contributed by atoms with Crippen molar-refractivity contribution < 1.29 is 4.92 Å². The molecule has 2 N–H and O–H groups in total. The van der Waals surface area contributed by atoms with Crippen molar-refractivity contribution in [2.75, 3.05) is 11.5 Å². The van der Waals surface area contributed by atoms with Gasteiger partial charge in [-0.15, -0.1) is 0 Å². The number of nitrogens with zero attached hydrogens (tertiary/aromatic N) is 1. The molecule has 4 nitrogen and oxygen atoms in total. The van der Waals surface area contributed by atoms with E-state index in [0.29, 0.717) is 5.69 Å². The van der Waals surface area contributed by atoms with Crippen LogP contribution in [-0.4, -0.2) is 10.7 Å². The quantitative estimate of drug-likeness (QED) is 0.363. The normalized spacial score (nSPS) is 10.2. The molecular formula is C10H14N2O2S. The first-order valence-corrected chi connectivity index (χ1v) is 5.91. The third-order valence-electron chi connectivity index (χ3n) is 1.94. The Kier molecular flexibility index (Phi) is 4.42. The highest BCUT2D eigenvalue weighted by atomic mass is 32.2. The van der Waals surface area contributed by atoms with Gasteiger partial charge in [0.15, 0.2) is 0 Å². The second-order valence-corrected chi connectivity index (χ2v) is 4.30. The molecule has 0 bridgehead atoms. The van der Waals surface area contributed by atoms with Crippen molar-refractivity contribution in [3.05, 3.63) is 33.9 Å². The molecular weight excluding hydrogens is 212 g/mol. The van der Waals surface area contributed by atoms with Crippen LogP contribution in [0.3, 0.4) is 0 Å². The molecule has 82 valence electrons. The van der Waals surface area contributed by atoms with Gasteiger partial charge in [-0.05, 0) is 23.8 Å². The maximum atomic E-state index is 10.6. The molecule has 0 fully saturated rings. The smallest absolute Gasteiger partial charge is 0.269 e. The van der Waals surface area contributed by atoms with Crippen LogP contribution in [0.4, 0.5) is 11.4 Å². The van der Waals surface area contributed by atoms with Crippen molar-refractivity contribution in [2.24, 2.45) is 0 Å². The van der Waals surface area contributed by atoms with Crippen LogP contribution in [0, 0.1) is 10.1 Å². The summed E-state index contributed by atoms with van der Waals surface area (Å²) >= 11 is 1.74. The number of nitro groups is 1. The molecule has 0 saturated carbocycles. The number of non-ortho nitro benzene ring substituents is 1. The zero-order chi connectivity index (χ0) is 11.3. The van der Waals surface area contributed by atoms with E-state index in [1.54, 1.807) is 23.9 Å². The van der Waals surface area contributed by atoms with Crippen molar-refractivity contribution in [1.82, 2.24) is 0 Å². The van der Waals surface area contributed by atoms with Gasteiger partial charge < -0.3 is 5.73 Å². The van der Waals surface area contributed by atoms with Gasteiger partial charge in [0.25, 0.3) is 5.69 Å². The maximum Gasteiger partial charge on any atom is 0.269 e. The van der Waals surface area contributed by atoms with Gasteiger partial charge in [0, 0.05) is 23.6 Å². The van der Waals surface area contributed by atoms with Gasteiger partial charge in [-0.3, -0.25) is 10.1 Å². The molecule has 0 radical (unpaired) electrons. The molecule has 0 saturated heterocycles. The fourth-order valence-corrected chi connectivity index (χ4v) is 2.06. The van der Waals surface area contributed by atoms with E-state index in [1.165, 1.54) is 6.07 Å². The summed E-state index contributed by atoms with van der Waals surface area (Å²) in [5, 5.41) is 10.6. The molecule has 0 aromatic heterocycles. The Balaban J connectivity index is 2.76. The number of thioether (sulfide) groups is 1. The lowest BCUT2D eigenvalue weighted by molar-refractivity contribution is -0.384. The summed E-state index contributed by atoms with van der Waals surface area (Å²) in [5.74, 6) is 1.78. The predicted octanol–water partition coefficient (Wildman–Crippen LogP) is 2.82. The van der Waals surface area contributed by atoms with E-state index in [4.69, 9.17) is 5.73 Å². The van der Waals surface area contributed by atoms with Gasteiger partial charge in [-0.2, -0.15) is 11.8 Å². The minimum absolute atomic E-state index is 0.108. The lowest BCUT2D eigenvalue weighted by Crippen LogP contribution is -1.96. The van der Waals surface area contributed by atoms with Crippen molar-refractivity contribution >= 4 is 23.1 Å². The summed E-state index contributed by atoms with van der Waals surface area (Å²) in [7, 11) is 0. The van der Waals surface area contributed by atoms with Crippen LogP contribution in [0.2, 0.25) is 0 Å². The molecule has 0 aliphatic rings. The lowest BCUT2D eigenvalue weighted by atomic mass is 10.2. The first kappa shape index (κ1) is 11.8. The molecule has 15 heavy (non-hydrogen) atoms. The van der Waals surface area contributed by atoms with E-state index in [1.807, 2.05) is 0 Å². The van der Waals surface area contributed by atoms with Gasteiger partial charge in [0.2, 0.25) is 0 Å². The van der Waals surface area contributed by atoms with E-state index < -0.39 is 4.92 Å². The average Bonchev–Trinajstić information content (AvgIpc) is 2.20. The van der Waals surface area contributed by atoms with Crippen LogP contribution < -0.4 is 5.73 Å². The third-order valence-corrected chi connectivity index (χ3v) is 3.16. The Morgan fingerprint density at radius 2 is 2.27 bits per heavy atom. The fourth-order valence-electron chi connectivity index (χ4n) is 1.16. The molecule has 1 aromatic carbocycles. The standard InChI is InChI=1S/C10H14N2O2S/c1-2-5-15-7-8-6-9(12(13)14)3-4-10(8)11/h3-4,6H,2,5,7,11H2,1H3. The van der Waals surface area contributed by atoms with Crippen LogP contribution in [-0.2, 0) is 5.75 Å². The number of hydrogen-bond acceptors (Lipinski definition) is 4. The highest BCUT2D eigenvalue weighted by Gasteiger charge is 2.08. The Labute approximate surface area is 93.0 Å². The van der Waals surface area contributed by atoms with Gasteiger partial charge >= 0.3 is 0 Å². The van der Waals surface area contributed by atoms with Crippen molar-refractivity contribution in [3.8, 4) is 0 Å². The molecule has 0 aliphatic carbocycles. The highest BCUT2D eigenvalue weighted by molar-refractivity contribution is 7.98. The fraction of sp³-hybridized carbons (Fsp3) is 0.400. The average molecular weight is 226 g/mol. The van der Waals surface area contributed by atoms with Gasteiger partial charge in [0.05, 0.1) is 4.92 Å². The second-order valence-electron chi connectivity index (χ2n) is 3.19. The lowest BCUT2D eigenvalue weighted by Gasteiger charge is -2.04. The minimum atomic E-state index is -0.395. The van der Waals surface area contributed by atoms with Crippen molar-refractivity contribution in [1.29, 1.82) is 0 Å². The molecule has 0 amide bonds. The molecule has 0 unspecified atom stereocenters. The monoisotopic (exact) mass is 226 g/mol. The SMILES string of the molecule is CCCSCc1cc([N+](=O)[O-])ccc1N. The summed E-state index contributed by atoms with van der Waals surface area (Å²) in [6, 6.07) is 4.58. The summed E-state index contributed by atoms with van der Waals surface area (Å²) in [4.78, 5) is 10.2. The van der Waals surface area contributed by atoms with Crippen LogP contribution >= 0.6 is 11.8 Å². The van der Waals surface area contributed by atoms with Gasteiger partial charge in [-0.25, -0.2) is 0 Å². The summed E-state index contributed by atoms with van der Waals surface area (Å²) in [6.07, 6.45) is 1.10. The highest BCUT2D eigenvalue weighted by Crippen LogP contribution is 2.23. The topological polar surface area (TPSA) is 69.2 Å². The zero-order valence-electron chi connectivity index (χ0n) is 8.60. The van der Waals surface area contributed by atoms with Gasteiger partial charge in [0.1, 0.15) is 0 Å². The van der Waals surface area contributed by atoms with Crippen LogP contribution in [0.15, 0.2) is 18.2 Å². The zero-order valence-corrected chi connectivity index (χ0v) is 9.42. The molecule has 1 aromatic rings. The molecule has 0 atom stereocenters. The van der Waals surface area contributed by atoms with Crippen LogP contribution in [0.25, 0.3) is 0 Å². The summed E-state index contributed by atoms with van der Waals surface area (Å²) in [6.45, 7) is 2.10. The molecule has 5 heteroatoms. The van der Waals surface area contributed by atoms with E-state index in [-0.39, 0.29) is 5.69 Å². The number of nitrogens with two attached hydrogens (primary N) is 1. The third kappa shape index (κ3) is 3.43. The first-order valence-electron chi connectivity index (χ1n) is 4.75. The Bertz CT molecular complexity index is 355. The van der Waals surface area contributed by atoms with Crippen LogP contribution in [0.1, 0.15) is 18.9 Å². The van der Waals surface area contributed by atoms with Crippen molar-refractivity contribution in [3.63, 3.8) is 0 Å². The number of benzene rings is 1. The summed E-state index contributed by atoms with van der Waals surface area (Å²) < 4.78 is 0.